The average molecular weight is 518 g/mol. The molecule has 4 aromatic rings. The van der Waals surface area contributed by atoms with Crippen molar-refractivity contribution in [2.24, 2.45) is 4.99 Å². The summed E-state index contributed by atoms with van der Waals surface area (Å²) in [6, 6.07) is 22.9. The van der Waals surface area contributed by atoms with Crippen molar-refractivity contribution in [2.75, 3.05) is 6.61 Å². The molecule has 1 fully saturated rings. The molecule has 1 N–H and O–H groups in total. The topological polar surface area (TPSA) is 55.6 Å². The summed E-state index contributed by atoms with van der Waals surface area (Å²) in [5.41, 5.74) is 8.34. The molecule has 0 spiro atoms. The van der Waals surface area contributed by atoms with Crippen molar-refractivity contribution in [1.82, 2.24) is 9.88 Å². The molecular formula is C34H35N3O2. The van der Waals surface area contributed by atoms with Crippen LogP contribution in [0.3, 0.4) is 0 Å². The number of rotatable bonds is 4. The molecule has 1 amide bonds. The molecule has 0 saturated heterocycles. The molecule has 0 unspecified atom stereocenters. The Bertz CT molecular complexity index is 1620. The summed E-state index contributed by atoms with van der Waals surface area (Å²) in [6.45, 7) is 5.47. The van der Waals surface area contributed by atoms with Crippen molar-refractivity contribution in [3.05, 3.63) is 83.4 Å². The molecule has 1 saturated carbocycles. The van der Waals surface area contributed by atoms with Gasteiger partial charge in [0.1, 0.15) is 12.4 Å². The maximum Gasteiger partial charge on any atom is 0.252 e. The van der Waals surface area contributed by atoms with Crippen LogP contribution in [0.5, 0.6) is 5.75 Å². The quantitative estimate of drug-likeness (QED) is 0.303. The Morgan fingerprint density at radius 3 is 2.64 bits per heavy atom. The molecule has 39 heavy (non-hydrogen) atoms. The highest BCUT2D eigenvalue weighted by Gasteiger charge is 2.32. The predicted molar refractivity (Wildman–Crippen MR) is 157 cm³/mol. The van der Waals surface area contributed by atoms with Crippen molar-refractivity contribution < 1.29 is 9.53 Å². The van der Waals surface area contributed by atoms with Crippen molar-refractivity contribution in [1.29, 1.82) is 0 Å². The standard InChI is InChI=1S/C34H35N3O2/c1-34(2,30-21-23-12-6-8-14-27(23)35-30)36-33(38)24-16-17-25-28(20-24)37-18-19-39-29-15-9-7-13-26(29)32(37)31(25)22-10-4-3-5-11-22/h6-9,12-17,20,22H,3-5,10-11,18-19,21H2,1-2H3,(H,36,38). The lowest BCUT2D eigenvalue weighted by Gasteiger charge is -2.26. The summed E-state index contributed by atoms with van der Waals surface area (Å²) >= 11 is 0. The minimum absolute atomic E-state index is 0.0689. The fourth-order valence-electron chi connectivity index (χ4n) is 6.80. The first kappa shape index (κ1) is 24.2. The number of amides is 1. The molecule has 3 aromatic carbocycles. The van der Waals surface area contributed by atoms with Gasteiger partial charge in [-0.25, -0.2) is 0 Å². The first-order valence-corrected chi connectivity index (χ1v) is 14.4. The molecule has 5 heteroatoms. The van der Waals surface area contributed by atoms with Crippen LogP contribution in [-0.4, -0.2) is 28.3 Å². The van der Waals surface area contributed by atoms with Gasteiger partial charge in [0.2, 0.25) is 0 Å². The Morgan fingerprint density at radius 1 is 1.00 bits per heavy atom. The van der Waals surface area contributed by atoms with Gasteiger partial charge >= 0.3 is 0 Å². The third-order valence-electron chi connectivity index (χ3n) is 8.85. The zero-order valence-corrected chi connectivity index (χ0v) is 22.8. The van der Waals surface area contributed by atoms with E-state index in [1.165, 1.54) is 54.3 Å². The van der Waals surface area contributed by atoms with Gasteiger partial charge in [-0.05, 0) is 74.1 Å². The number of carbonyl (C=O) groups excluding carboxylic acids is 1. The maximum absolute atomic E-state index is 13.7. The Hall–Kier alpha value is -3.86. The van der Waals surface area contributed by atoms with E-state index in [-0.39, 0.29) is 5.91 Å². The van der Waals surface area contributed by atoms with Gasteiger partial charge in [-0.2, -0.15) is 0 Å². The zero-order chi connectivity index (χ0) is 26.6. The van der Waals surface area contributed by atoms with Crippen molar-refractivity contribution in [2.45, 2.75) is 70.4 Å². The minimum Gasteiger partial charge on any atom is -0.491 e. The minimum atomic E-state index is -0.554. The summed E-state index contributed by atoms with van der Waals surface area (Å²) in [7, 11) is 0. The van der Waals surface area contributed by atoms with Gasteiger partial charge in [0.15, 0.2) is 0 Å². The normalized spacial score (nSPS) is 17.0. The Kier molecular flexibility index (Phi) is 5.84. The van der Waals surface area contributed by atoms with Crippen LogP contribution < -0.4 is 10.1 Å². The van der Waals surface area contributed by atoms with Crippen LogP contribution in [0.4, 0.5) is 5.69 Å². The van der Waals surface area contributed by atoms with E-state index in [0.717, 1.165) is 41.2 Å². The Balaban J connectivity index is 1.28. The highest BCUT2D eigenvalue weighted by atomic mass is 16.5. The number of fused-ring (bicyclic) bond motifs is 6. The second-order valence-electron chi connectivity index (χ2n) is 11.8. The van der Waals surface area contributed by atoms with Crippen LogP contribution in [0.2, 0.25) is 0 Å². The summed E-state index contributed by atoms with van der Waals surface area (Å²) < 4.78 is 8.60. The van der Waals surface area contributed by atoms with Crippen molar-refractivity contribution in [3.63, 3.8) is 0 Å². The summed E-state index contributed by atoms with van der Waals surface area (Å²) in [4.78, 5) is 18.5. The lowest BCUT2D eigenvalue weighted by Crippen LogP contribution is -2.49. The molecule has 1 aromatic heterocycles. The average Bonchev–Trinajstić information content (AvgIpc) is 3.48. The lowest BCUT2D eigenvalue weighted by molar-refractivity contribution is 0.0931. The highest BCUT2D eigenvalue weighted by molar-refractivity contribution is 6.06. The maximum atomic E-state index is 13.7. The van der Waals surface area contributed by atoms with Crippen LogP contribution in [0.15, 0.2) is 71.7 Å². The van der Waals surface area contributed by atoms with Crippen LogP contribution in [0, 0.1) is 0 Å². The van der Waals surface area contributed by atoms with Gasteiger partial charge in [-0.1, -0.05) is 55.7 Å². The summed E-state index contributed by atoms with van der Waals surface area (Å²) in [5.74, 6) is 1.42. The number of para-hydroxylation sites is 2. The van der Waals surface area contributed by atoms with E-state index in [4.69, 9.17) is 9.73 Å². The number of aromatic nitrogens is 1. The molecule has 7 rings (SSSR count). The van der Waals surface area contributed by atoms with Gasteiger partial charge in [0.25, 0.3) is 5.91 Å². The molecule has 0 bridgehead atoms. The number of hydrogen-bond acceptors (Lipinski definition) is 3. The summed E-state index contributed by atoms with van der Waals surface area (Å²) in [6.07, 6.45) is 7.07. The van der Waals surface area contributed by atoms with E-state index in [1.54, 1.807) is 0 Å². The van der Waals surface area contributed by atoms with E-state index in [1.807, 2.05) is 38.1 Å². The smallest absolute Gasteiger partial charge is 0.252 e. The molecule has 3 aliphatic rings. The number of ether oxygens (including phenoxy) is 1. The monoisotopic (exact) mass is 517 g/mol. The molecule has 0 atom stereocenters. The van der Waals surface area contributed by atoms with Crippen LogP contribution in [0.25, 0.3) is 22.2 Å². The third-order valence-corrected chi connectivity index (χ3v) is 8.85. The van der Waals surface area contributed by atoms with Crippen LogP contribution in [0.1, 0.15) is 73.4 Å². The summed E-state index contributed by atoms with van der Waals surface area (Å²) in [5, 5.41) is 4.57. The zero-order valence-electron chi connectivity index (χ0n) is 22.8. The van der Waals surface area contributed by atoms with E-state index in [9.17, 15) is 4.79 Å². The largest absolute Gasteiger partial charge is 0.491 e. The second-order valence-corrected chi connectivity index (χ2v) is 11.8. The molecular weight excluding hydrogens is 482 g/mol. The van der Waals surface area contributed by atoms with E-state index < -0.39 is 5.54 Å². The first-order chi connectivity index (χ1) is 19.0. The van der Waals surface area contributed by atoms with Crippen LogP contribution in [-0.2, 0) is 13.0 Å². The number of aliphatic imine (C=N–C) groups is 1. The van der Waals surface area contributed by atoms with Crippen LogP contribution >= 0.6 is 0 Å². The lowest BCUT2D eigenvalue weighted by atomic mass is 9.81. The van der Waals surface area contributed by atoms with E-state index in [2.05, 4.69) is 52.3 Å². The molecule has 0 radical (unpaired) electrons. The SMILES string of the molecule is CC(C)(NC(=O)c1ccc2c(C3CCCCC3)c3n(c2c1)CCOc1ccccc1-3)C1=Nc2ccccc2C1. The van der Waals surface area contributed by atoms with Crippen molar-refractivity contribution in [3.8, 4) is 17.0 Å². The predicted octanol–water partition coefficient (Wildman–Crippen LogP) is 7.59. The third kappa shape index (κ3) is 4.15. The fraction of sp³-hybridized carbons (Fsp3) is 0.353. The molecule has 2 aliphatic heterocycles. The van der Waals surface area contributed by atoms with Gasteiger partial charge in [-0.3, -0.25) is 9.79 Å². The molecule has 3 heterocycles. The van der Waals surface area contributed by atoms with Gasteiger partial charge < -0.3 is 14.6 Å². The molecule has 5 nitrogen and oxygen atoms in total. The van der Waals surface area contributed by atoms with Gasteiger partial charge in [-0.15, -0.1) is 0 Å². The van der Waals surface area contributed by atoms with Gasteiger partial charge in [0.05, 0.1) is 23.5 Å². The van der Waals surface area contributed by atoms with Gasteiger partial charge in [0, 0.05) is 34.2 Å². The first-order valence-electron chi connectivity index (χ1n) is 14.4. The van der Waals surface area contributed by atoms with E-state index in [0.29, 0.717) is 18.1 Å². The number of nitrogens with zero attached hydrogens (tertiary/aromatic N) is 2. The Labute approximate surface area is 229 Å². The molecule has 1 aliphatic carbocycles. The second kappa shape index (κ2) is 9.41. The number of benzene rings is 3. The number of nitrogens with one attached hydrogen (secondary N) is 1. The van der Waals surface area contributed by atoms with E-state index >= 15 is 0 Å². The fourth-order valence-corrected chi connectivity index (χ4v) is 6.80. The highest BCUT2D eigenvalue weighted by Crippen LogP contribution is 2.47. The Morgan fingerprint density at radius 2 is 1.79 bits per heavy atom. The van der Waals surface area contributed by atoms with Crippen molar-refractivity contribution >= 4 is 28.2 Å². The molecule has 198 valence electrons. The number of hydrogen-bond donors (Lipinski definition) is 1. The number of carbonyl (C=O) groups is 1.